The smallest absolute Gasteiger partial charge is 0.253 e. The molecule has 20 heavy (non-hydrogen) atoms. The second-order valence-electron chi connectivity index (χ2n) is 5.57. The van der Waals surface area contributed by atoms with Crippen molar-refractivity contribution in [2.45, 2.75) is 19.1 Å². The van der Waals surface area contributed by atoms with Crippen LogP contribution in [0.4, 0.5) is 0 Å². The molecule has 6 heteroatoms. The average molecular weight is 316 g/mol. The van der Waals surface area contributed by atoms with Crippen LogP contribution in [-0.4, -0.2) is 43.3 Å². The third-order valence-corrected chi connectivity index (χ3v) is 5.96. The van der Waals surface area contributed by atoms with E-state index in [1.807, 2.05) is 13.8 Å². The summed E-state index contributed by atoms with van der Waals surface area (Å²) in [5.74, 6) is 0.123. The molecule has 1 aromatic rings. The van der Waals surface area contributed by atoms with Crippen molar-refractivity contribution >= 4 is 27.3 Å². The summed E-state index contributed by atoms with van der Waals surface area (Å²) in [6.07, 6.45) is 0. The molecule has 1 fully saturated rings. The molecule has 1 aromatic carbocycles. The van der Waals surface area contributed by atoms with Gasteiger partial charge >= 0.3 is 0 Å². The highest BCUT2D eigenvalue weighted by molar-refractivity contribution is 7.92. The van der Waals surface area contributed by atoms with Crippen molar-refractivity contribution in [3.05, 3.63) is 34.9 Å². The van der Waals surface area contributed by atoms with Gasteiger partial charge < -0.3 is 4.90 Å². The molecule has 110 valence electrons. The summed E-state index contributed by atoms with van der Waals surface area (Å²) in [6, 6.07) is 6.69. The Hall–Kier alpha value is -1.07. The van der Waals surface area contributed by atoms with Gasteiger partial charge in [-0.1, -0.05) is 31.5 Å². The zero-order valence-electron chi connectivity index (χ0n) is 11.5. The Morgan fingerprint density at radius 1 is 1.40 bits per heavy atom. The quantitative estimate of drug-likeness (QED) is 0.856. The van der Waals surface area contributed by atoms with Crippen molar-refractivity contribution in [1.29, 1.82) is 0 Å². The maximum absolute atomic E-state index is 12.1. The summed E-state index contributed by atoms with van der Waals surface area (Å²) in [4.78, 5) is 13.7. The number of carbonyl (C=O) groups is 1. The monoisotopic (exact) mass is 315 g/mol. The van der Waals surface area contributed by atoms with Gasteiger partial charge in [-0.2, -0.15) is 0 Å². The molecule has 0 saturated carbocycles. The molecule has 0 unspecified atom stereocenters. The molecule has 1 saturated heterocycles. The number of hydrogen-bond donors (Lipinski definition) is 0. The van der Waals surface area contributed by atoms with Crippen LogP contribution >= 0.6 is 11.6 Å². The van der Waals surface area contributed by atoms with E-state index in [9.17, 15) is 13.2 Å². The van der Waals surface area contributed by atoms with Gasteiger partial charge in [0, 0.05) is 23.7 Å². The maximum Gasteiger partial charge on any atom is 0.253 e. The summed E-state index contributed by atoms with van der Waals surface area (Å²) in [5, 5.41) is 0.0772. The normalized spacial score (nSPS) is 16.3. The van der Waals surface area contributed by atoms with Gasteiger partial charge in [-0.25, -0.2) is 8.42 Å². The first-order valence-corrected chi connectivity index (χ1v) is 8.65. The van der Waals surface area contributed by atoms with Gasteiger partial charge in [0.15, 0.2) is 9.84 Å². The molecule has 1 amide bonds. The Bertz CT molecular complexity index is 607. The van der Waals surface area contributed by atoms with Crippen LogP contribution in [0.2, 0.25) is 5.02 Å². The van der Waals surface area contributed by atoms with Crippen LogP contribution < -0.4 is 0 Å². The summed E-state index contributed by atoms with van der Waals surface area (Å²) < 4.78 is 24.0. The number of halogens is 1. The standard InChI is InChI=1S/C14H18ClNO3S/c1-10(2)9-20(18,19)13-7-16(8-13)14(17)11-4-3-5-12(15)6-11/h3-6,10,13H,7-9H2,1-2H3. The fourth-order valence-corrected chi connectivity index (χ4v) is 4.44. The number of hydrogen-bond acceptors (Lipinski definition) is 3. The minimum absolute atomic E-state index is 0.109. The average Bonchev–Trinajstić information content (AvgIpc) is 2.24. The highest BCUT2D eigenvalue weighted by Gasteiger charge is 2.39. The van der Waals surface area contributed by atoms with Crippen molar-refractivity contribution < 1.29 is 13.2 Å². The van der Waals surface area contributed by atoms with Crippen LogP contribution in [0.25, 0.3) is 0 Å². The van der Waals surface area contributed by atoms with Crippen LogP contribution in [0.3, 0.4) is 0 Å². The minimum Gasteiger partial charge on any atom is -0.336 e. The first-order valence-electron chi connectivity index (χ1n) is 6.56. The first kappa shape index (κ1) is 15.3. The Morgan fingerprint density at radius 2 is 2.05 bits per heavy atom. The number of likely N-dealkylation sites (tertiary alicyclic amines) is 1. The molecule has 1 aliphatic rings. The molecule has 0 aliphatic carbocycles. The van der Waals surface area contributed by atoms with Crippen molar-refractivity contribution in [3.63, 3.8) is 0 Å². The summed E-state index contributed by atoms with van der Waals surface area (Å²) in [6.45, 7) is 4.32. The number of rotatable bonds is 4. The molecule has 1 aliphatic heterocycles. The lowest BCUT2D eigenvalue weighted by atomic mass is 10.1. The Kier molecular flexibility index (Phi) is 4.39. The van der Waals surface area contributed by atoms with Gasteiger partial charge in [0.2, 0.25) is 0 Å². The lowest BCUT2D eigenvalue weighted by Gasteiger charge is -2.39. The molecule has 1 heterocycles. The molecular weight excluding hydrogens is 298 g/mol. The summed E-state index contributed by atoms with van der Waals surface area (Å²) >= 11 is 5.85. The highest BCUT2D eigenvalue weighted by atomic mass is 35.5. The fourth-order valence-electron chi connectivity index (χ4n) is 2.24. The number of nitrogens with zero attached hydrogens (tertiary/aromatic N) is 1. The second-order valence-corrected chi connectivity index (χ2v) is 8.33. The second kappa shape index (κ2) is 5.74. The minimum atomic E-state index is -3.10. The molecule has 0 radical (unpaired) electrons. The van der Waals surface area contributed by atoms with Gasteiger partial charge in [-0.15, -0.1) is 0 Å². The van der Waals surface area contributed by atoms with Gasteiger partial charge in [-0.05, 0) is 24.1 Å². The van der Waals surface area contributed by atoms with Crippen LogP contribution in [0.5, 0.6) is 0 Å². The highest BCUT2D eigenvalue weighted by Crippen LogP contribution is 2.22. The maximum atomic E-state index is 12.1. The van der Waals surface area contributed by atoms with Crippen molar-refractivity contribution in [2.24, 2.45) is 5.92 Å². The number of benzene rings is 1. The van der Waals surface area contributed by atoms with Crippen LogP contribution in [-0.2, 0) is 9.84 Å². The molecule has 0 bridgehead atoms. The van der Waals surface area contributed by atoms with Crippen molar-refractivity contribution in [3.8, 4) is 0 Å². The third kappa shape index (κ3) is 3.33. The van der Waals surface area contributed by atoms with Crippen LogP contribution in [0.15, 0.2) is 24.3 Å². The van der Waals surface area contributed by atoms with Gasteiger partial charge in [-0.3, -0.25) is 4.79 Å². The zero-order chi connectivity index (χ0) is 14.9. The largest absolute Gasteiger partial charge is 0.336 e. The summed E-state index contributed by atoms with van der Waals surface area (Å²) in [7, 11) is -3.10. The van der Waals surface area contributed by atoms with Crippen molar-refractivity contribution in [2.75, 3.05) is 18.8 Å². The van der Waals surface area contributed by atoms with Gasteiger partial charge in [0.05, 0.1) is 11.0 Å². The number of carbonyl (C=O) groups excluding carboxylic acids is 1. The van der Waals surface area contributed by atoms with Crippen LogP contribution in [0, 0.1) is 5.92 Å². The predicted molar refractivity (Wildman–Crippen MR) is 79.8 cm³/mol. The molecular formula is C14H18ClNO3S. The zero-order valence-corrected chi connectivity index (χ0v) is 13.1. The van der Waals surface area contributed by atoms with Gasteiger partial charge in [0.1, 0.15) is 0 Å². The fraction of sp³-hybridized carbons (Fsp3) is 0.500. The summed E-state index contributed by atoms with van der Waals surface area (Å²) in [5.41, 5.74) is 0.497. The number of amides is 1. The van der Waals surface area contributed by atoms with Crippen molar-refractivity contribution in [1.82, 2.24) is 4.90 Å². The van der Waals surface area contributed by atoms with E-state index in [0.29, 0.717) is 10.6 Å². The lowest BCUT2D eigenvalue weighted by Crippen LogP contribution is -2.57. The van der Waals surface area contributed by atoms with E-state index in [1.165, 1.54) is 0 Å². The molecule has 0 spiro atoms. The molecule has 0 N–H and O–H groups in total. The van der Waals surface area contributed by atoms with E-state index in [2.05, 4.69) is 0 Å². The lowest BCUT2D eigenvalue weighted by molar-refractivity contribution is 0.0659. The van der Waals surface area contributed by atoms with E-state index < -0.39 is 15.1 Å². The van der Waals surface area contributed by atoms with Crippen LogP contribution in [0.1, 0.15) is 24.2 Å². The van der Waals surface area contributed by atoms with E-state index in [1.54, 1.807) is 29.2 Å². The molecule has 0 atom stereocenters. The van der Waals surface area contributed by atoms with E-state index in [0.717, 1.165) is 0 Å². The Morgan fingerprint density at radius 3 is 2.60 bits per heavy atom. The Balaban J connectivity index is 1.98. The molecule has 4 nitrogen and oxygen atoms in total. The van der Waals surface area contributed by atoms with Gasteiger partial charge in [0.25, 0.3) is 5.91 Å². The van der Waals surface area contributed by atoms with E-state index >= 15 is 0 Å². The molecule has 0 aromatic heterocycles. The van der Waals surface area contributed by atoms with E-state index in [-0.39, 0.29) is 30.7 Å². The third-order valence-electron chi connectivity index (χ3n) is 3.28. The predicted octanol–water partition coefficient (Wildman–Crippen LogP) is 2.24. The van der Waals surface area contributed by atoms with E-state index in [4.69, 9.17) is 11.6 Å². The SMILES string of the molecule is CC(C)CS(=O)(=O)C1CN(C(=O)c2cccc(Cl)c2)C1. The Labute approximate surface area is 124 Å². The first-order chi connectivity index (χ1) is 9.29. The topological polar surface area (TPSA) is 54.5 Å². The number of sulfone groups is 1. The molecule has 2 rings (SSSR count).